The first kappa shape index (κ1) is 16.4. The van der Waals surface area contributed by atoms with Crippen molar-refractivity contribution in [3.8, 4) is 0 Å². The zero-order valence-electron chi connectivity index (χ0n) is 12.8. The average Bonchev–Trinajstić information content (AvgIpc) is 2.85. The van der Waals surface area contributed by atoms with E-state index in [0.29, 0.717) is 18.8 Å². The normalized spacial score (nSPS) is 11.0. The molecule has 116 valence electrons. The third-order valence-corrected chi connectivity index (χ3v) is 4.09. The van der Waals surface area contributed by atoms with Gasteiger partial charge >= 0.3 is 0 Å². The van der Waals surface area contributed by atoms with E-state index < -0.39 is 0 Å². The van der Waals surface area contributed by atoms with Gasteiger partial charge in [0.2, 0.25) is 0 Å². The molecular weight excluding hydrogens is 296 g/mol. The van der Waals surface area contributed by atoms with Gasteiger partial charge in [0.25, 0.3) is 5.91 Å². The van der Waals surface area contributed by atoms with Crippen molar-refractivity contribution in [2.24, 2.45) is 0 Å². The Morgan fingerprint density at radius 3 is 2.64 bits per heavy atom. The Balaban J connectivity index is 2.08. The summed E-state index contributed by atoms with van der Waals surface area (Å²) in [5.41, 5.74) is 1.57. The number of amides is 1. The van der Waals surface area contributed by atoms with Crippen molar-refractivity contribution < 1.29 is 9.90 Å². The number of aromatic nitrogens is 1. The number of benzene rings is 1. The number of carbonyl (C=O) groups excluding carboxylic acids is 1. The molecule has 5 heteroatoms. The van der Waals surface area contributed by atoms with Crippen molar-refractivity contribution in [3.05, 3.63) is 57.6 Å². The van der Waals surface area contributed by atoms with Crippen LogP contribution in [0.25, 0.3) is 6.08 Å². The molecule has 0 spiro atoms. The number of rotatable bonds is 6. The molecule has 1 heterocycles. The second kappa shape index (κ2) is 7.87. The fourth-order valence-corrected chi connectivity index (χ4v) is 2.96. The highest BCUT2D eigenvalue weighted by atomic mass is 32.1. The number of hydrogen-bond donors (Lipinski definition) is 1. The molecule has 0 aliphatic carbocycles. The van der Waals surface area contributed by atoms with Crippen molar-refractivity contribution in [1.82, 2.24) is 9.88 Å². The second-order valence-electron chi connectivity index (χ2n) is 4.93. The van der Waals surface area contributed by atoms with Gasteiger partial charge in [-0.3, -0.25) is 4.79 Å². The fourth-order valence-electron chi connectivity index (χ4n) is 2.15. The summed E-state index contributed by atoms with van der Waals surface area (Å²) in [6.07, 6.45) is 3.90. The highest BCUT2D eigenvalue weighted by molar-refractivity contribution is 7.11. The van der Waals surface area contributed by atoms with Crippen LogP contribution in [0, 0.1) is 13.8 Å². The van der Waals surface area contributed by atoms with Gasteiger partial charge in [-0.15, -0.1) is 11.3 Å². The Bertz CT molecular complexity index is 650. The quantitative estimate of drug-likeness (QED) is 0.891. The van der Waals surface area contributed by atoms with Crippen LogP contribution in [0.15, 0.2) is 36.4 Å². The smallest absolute Gasteiger partial charge is 0.273 e. The molecule has 2 aromatic rings. The van der Waals surface area contributed by atoms with E-state index in [1.807, 2.05) is 56.3 Å². The zero-order valence-corrected chi connectivity index (χ0v) is 13.6. The molecule has 2 rings (SSSR count). The number of aliphatic hydroxyl groups excluding tert-OH is 1. The predicted octanol–water partition coefficient (Wildman–Crippen LogP) is 2.91. The molecule has 0 saturated heterocycles. The van der Waals surface area contributed by atoms with Crippen molar-refractivity contribution in [3.63, 3.8) is 0 Å². The number of carbonyl (C=O) groups is 1. The molecule has 1 aromatic heterocycles. The first-order valence-corrected chi connectivity index (χ1v) is 7.99. The Morgan fingerprint density at radius 2 is 2.05 bits per heavy atom. The van der Waals surface area contributed by atoms with Crippen LogP contribution >= 0.6 is 11.3 Å². The van der Waals surface area contributed by atoms with Crippen LogP contribution in [0.2, 0.25) is 0 Å². The van der Waals surface area contributed by atoms with Crippen LogP contribution < -0.4 is 0 Å². The van der Waals surface area contributed by atoms with Crippen LogP contribution in [-0.2, 0) is 0 Å². The van der Waals surface area contributed by atoms with Gasteiger partial charge in [-0.25, -0.2) is 4.98 Å². The third-order valence-electron chi connectivity index (χ3n) is 3.20. The van der Waals surface area contributed by atoms with Gasteiger partial charge in [0.1, 0.15) is 5.69 Å². The largest absolute Gasteiger partial charge is 0.395 e. The highest BCUT2D eigenvalue weighted by Gasteiger charge is 2.19. The maximum Gasteiger partial charge on any atom is 0.273 e. The molecule has 0 aliphatic heterocycles. The number of nitrogens with zero attached hydrogens (tertiary/aromatic N) is 2. The van der Waals surface area contributed by atoms with Crippen molar-refractivity contribution in [2.75, 3.05) is 19.7 Å². The van der Waals surface area contributed by atoms with Gasteiger partial charge in [0, 0.05) is 18.0 Å². The van der Waals surface area contributed by atoms with Crippen molar-refractivity contribution >= 4 is 23.3 Å². The van der Waals surface area contributed by atoms with E-state index in [0.717, 1.165) is 15.4 Å². The Labute approximate surface area is 134 Å². The van der Waals surface area contributed by atoms with Crippen molar-refractivity contribution in [2.45, 2.75) is 13.8 Å². The molecular formula is C17H20N2O2S. The monoisotopic (exact) mass is 316 g/mol. The zero-order chi connectivity index (χ0) is 15.9. The minimum Gasteiger partial charge on any atom is -0.395 e. The number of aryl methyl sites for hydroxylation is 2. The Hall–Kier alpha value is -1.98. The molecule has 4 nitrogen and oxygen atoms in total. The summed E-state index contributed by atoms with van der Waals surface area (Å²) in [6.45, 7) is 4.47. The lowest BCUT2D eigenvalue weighted by Crippen LogP contribution is -2.34. The third kappa shape index (κ3) is 4.26. The minimum absolute atomic E-state index is 0.0624. The van der Waals surface area contributed by atoms with E-state index in [-0.39, 0.29) is 12.5 Å². The molecule has 1 N–H and O–H groups in total. The lowest BCUT2D eigenvalue weighted by Gasteiger charge is -2.19. The van der Waals surface area contributed by atoms with Gasteiger partial charge in [0.05, 0.1) is 11.6 Å². The Morgan fingerprint density at radius 1 is 1.32 bits per heavy atom. The second-order valence-corrected chi connectivity index (χ2v) is 6.33. The van der Waals surface area contributed by atoms with Gasteiger partial charge in [-0.1, -0.05) is 42.5 Å². The van der Waals surface area contributed by atoms with E-state index in [1.165, 1.54) is 11.3 Å². The minimum atomic E-state index is -0.131. The summed E-state index contributed by atoms with van der Waals surface area (Å²) in [7, 11) is 0. The molecule has 0 unspecified atom stereocenters. The molecule has 1 aromatic carbocycles. The van der Waals surface area contributed by atoms with Crippen molar-refractivity contribution in [1.29, 1.82) is 0 Å². The van der Waals surface area contributed by atoms with Crippen LogP contribution in [0.4, 0.5) is 0 Å². The predicted molar refractivity (Wildman–Crippen MR) is 90.1 cm³/mol. The molecule has 22 heavy (non-hydrogen) atoms. The lowest BCUT2D eigenvalue weighted by molar-refractivity contribution is 0.0737. The highest BCUT2D eigenvalue weighted by Crippen LogP contribution is 2.18. The van der Waals surface area contributed by atoms with Gasteiger partial charge in [-0.05, 0) is 19.4 Å². The van der Waals surface area contributed by atoms with E-state index in [2.05, 4.69) is 4.98 Å². The molecule has 0 radical (unpaired) electrons. The summed E-state index contributed by atoms with van der Waals surface area (Å²) in [5, 5.41) is 10.1. The fraction of sp³-hybridized carbons (Fsp3) is 0.294. The van der Waals surface area contributed by atoms with Gasteiger partial charge < -0.3 is 10.0 Å². The molecule has 0 bridgehead atoms. The topological polar surface area (TPSA) is 53.4 Å². The van der Waals surface area contributed by atoms with Crippen LogP contribution in [0.5, 0.6) is 0 Å². The molecule has 0 fully saturated rings. The summed E-state index contributed by atoms with van der Waals surface area (Å²) < 4.78 is 0. The summed E-state index contributed by atoms with van der Waals surface area (Å²) in [5.74, 6) is -0.131. The maximum absolute atomic E-state index is 12.5. The first-order valence-electron chi connectivity index (χ1n) is 7.17. The molecule has 0 atom stereocenters. The summed E-state index contributed by atoms with van der Waals surface area (Å²) >= 11 is 1.51. The van der Waals surface area contributed by atoms with E-state index >= 15 is 0 Å². The average molecular weight is 316 g/mol. The number of hydrogen-bond acceptors (Lipinski definition) is 4. The first-order chi connectivity index (χ1) is 10.6. The van der Waals surface area contributed by atoms with Crippen LogP contribution in [0.1, 0.15) is 25.9 Å². The molecule has 0 saturated carbocycles. The Kier molecular flexibility index (Phi) is 5.86. The van der Waals surface area contributed by atoms with E-state index in [9.17, 15) is 9.90 Å². The van der Waals surface area contributed by atoms with Crippen LogP contribution in [0.3, 0.4) is 0 Å². The summed E-state index contributed by atoms with van der Waals surface area (Å²) in [6, 6.07) is 9.91. The van der Waals surface area contributed by atoms with Gasteiger partial charge in [0.15, 0.2) is 0 Å². The SMILES string of the molecule is Cc1nc(C(=O)N(CC=Cc2ccccc2)CCO)c(C)s1. The van der Waals surface area contributed by atoms with Crippen LogP contribution in [-0.4, -0.2) is 40.6 Å². The maximum atomic E-state index is 12.5. The standard InChI is InChI=1S/C17H20N2O2S/c1-13-16(18-14(2)22-13)17(21)19(11-12-20)10-6-9-15-7-4-3-5-8-15/h3-9,20H,10-12H2,1-2H3. The number of thiazole rings is 1. The molecule has 1 amide bonds. The van der Waals surface area contributed by atoms with E-state index in [4.69, 9.17) is 0 Å². The van der Waals surface area contributed by atoms with Gasteiger partial charge in [-0.2, -0.15) is 0 Å². The summed E-state index contributed by atoms with van der Waals surface area (Å²) in [4.78, 5) is 19.4. The van der Waals surface area contributed by atoms with E-state index in [1.54, 1.807) is 4.90 Å². The molecule has 0 aliphatic rings. The lowest BCUT2D eigenvalue weighted by atomic mass is 10.2. The number of aliphatic hydroxyl groups is 1.